The molecule has 5 nitrogen and oxygen atoms in total. The summed E-state index contributed by atoms with van der Waals surface area (Å²) in [5, 5.41) is 2.79. The predicted molar refractivity (Wildman–Crippen MR) is 93.0 cm³/mol. The molecule has 2 aromatic carbocycles. The van der Waals surface area contributed by atoms with E-state index in [1.54, 1.807) is 18.2 Å². The average molecular weight is 357 g/mol. The maximum Gasteiger partial charge on any atom is 0.295 e. The van der Waals surface area contributed by atoms with Crippen LogP contribution < -0.4 is 5.32 Å². The van der Waals surface area contributed by atoms with Crippen LogP contribution in [0.1, 0.15) is 36.8 Å². The fourth-order valence-corrected chi connectivity index (χ4v) is 3.18. The number of carbonyl (C=O) groups is 1. The molecule has 2 heterocycles. The zero-order valence-electron chi connectivity index (χ0n) is 13.8. The van der Waals surface area contributed by atoms with Crippen molar-refractivity contribution in [3.05, 3.63) is 59.9 Å². The lowest BCUT2D eigenvalue weighted by molar-refractivity contribution is -0.126. The number of imidazole rings is 1. The molecule has 1 saturated heterocycles. The number of aromatic amines is 1. The number of fused-ring (bicyclic) bond motifs is 1. The minimum atomic E-state index is -2.66. The number of halogens is 2. The second-order valence-electron chi connectivity index (χ2n) is 6.25. The van der Waals surface area contributed by atoms with Gasteiger partial charge in [0, 0.05) is 5.69 Å². The first kappa shape index (κ1) is 16.7. The minimum Gasteiger partial charge on any atom is -0.360 e. The number of amides is 1. The summed E-state index contributed by atoms with van der Waals surface area (Å²) in [5.41, 5.74) is 2.45. The van der Waals surface area contributed by atoms with Gasteiger partial charge in [0.05, 0.1) is 17.1 Å². The molecule has 134 valence electrons. The van der Waals surface area contributed by atoms with E-state index in [0.29, 0.717) is 23.1 Å². The van der Waals surface area contributed by atoms with E-state index in [1.807, 2.05) is 30.3 Å². The lowest BCUT2D eigenvalue weighted by Crippen LogP contribution is -2.27. The molecule has 1 amide bonds. The topological polar surface area (TPSA) is 67.0 Å². The van der Waals surface area contributed by atoms with Gasteiger partial charge in [-0.05, 0) is 36.6 Å². The Hall–Kier alpha value is -2.80. The number of benzene rings is 2. The largest absolute Gasteiger partial charge is 0.360 e. The van der Waals surface area contributed by atoms with Crippen LogP contribution in [0.5, 0.6) is 0 Å². The monoisotopic (exact) mass is 357 g/mol. The lowest BCUT2D eigenvalue weighted by Gasteiger charge is -2.14. The van der Waals surface area contributed by atoms with Crippen LogP contribution >= 0.6 is 0 Å². The normalized spacial score (nSPS) is 20.0. The van der Waals surface area contributed by atoms with Crippen molar-refractivity contribution in [1.82, 2.24) is 9.97 Å². The average Bonchev–Trinajstić information content (AvgIpc) is 3.29. The number of carbonyl (C=O) groups excluding carboxylic acids is 1. The van der Waals surface area contributed by atoms with Crippen molar-refractivity contribution in [3.63, 3.8) is 0 Å². The van der Waals surface area contributed by atoms with E-state index < -0.39 is 12.5 Å². The molecule has 26 heavy (non-hydrogen) atoms. The molecule has 1 aliphatic heterocycles. The number of alkyl halides is 2. The van der Waals surface area contributed by atoms with Crippen molar-refractivity contribution in [1.29, 1.82) is 0 Å². The van der Waals surface area contributed by atoms with Crippen LogP contribution in [-0.4, -0.2) is 22.0 Å². The van der Waals surface area contributed by atoms with E-state index in [0.717, 1.165) is 12.0 Å². The second kappa shape index (κ2) is 6.84. The Morgan fingerprint density at radius 1 is 1.19 bits per heavy atom. The summed E-state index contributed by atoms with van der Waals surface area (Å²) in [4.78, 5) is 18.8. The third-order valence-electron chi connectivity index (χ3n) is 4.46. The molecule has 1 aromatic heterocycles. The fourth-order valence-electron chi connectivity index (χ4n) is 3.18. The molecule has 0 spiro atoms. The maximum atomic E-state index is 12.7. The molecule has 0 radical (unpaired) electrons. The first-order valence-electron chi connectivity index (χ1n) is 8.39. The molecule has 1 fully saturated rings. The number of H-pyrrole nitrogens is 1. The highest BCUT2D eigenvalue weighted by Gasteiger charge is 2.31. The Labute approximate surface area is 148 Å². The predicted octanol–water partition coefficient (Wildman–Crippen LogP) is 4.36. The van der Waals surface area contributed by atoms with Crippen molar-refractivity contribution in [3.8, 4) is 0 Å². The van der Waals surface area contributed by atoms with Crippen LogP contribution in [-0.2, 0) is 9.53 Å². The van der Waals surface area contributed by atoms with Crippen LogP contribution in [0.3, 0.4) is 0 Å². The minimum absolute atomic E-state index is 0.0874. The molecule has 1 aliphatic rings. The molecule has 0 unspecified atom stereocenters. The number of rotatable bonds is 4. The Kier molecular flexibility index (Phi) is 4.38. The quantitative estimate of drug-likeness (QED) is 0.729. The summed E-state index contributed by atoms with van der Waals surface area (Å²) in [6, 6.07) is 14.6. The van der Waals surface area contributed by atoms with Gasteiger partial charge in [-0.15, -0.1) is 0 Å². The van der Waals surface area contributed by atoms with Gasteiger partial charge in [0.15, 0.2) is 5.82 Å². The van der Waals surface area contributed by atoms with Gasteiger partial charge in [0.1, 0.15) is 6.10 Å². The Morgan fingerprint density at radius 3 is 2.77 bits per heavy atom. The Morgan fingerprint density at radius 2 is 2.00 bits per heavy atom. The lowest BCUT2D eigenvalue weighted by atomic mass is 10.1. The van der Waals surface area contributed by atoms with E-state index in [1.165, 1.54) is 0 Å². The van der Waals surface area contributed by atoms with Gasteiger partial charge in [-0.1, -0.05) is 30.3 Å². The summed E-state index contributed by atoms with van der Waals surface area (Å²) in [6.45, 7) is 0. The third-order valence-corrected chi connectivity index (χ3v) is 4.46. The fraction of sp³-hybridized carbons (Fsp3) is 0.263. The van der Waals surface area contributed by atoms with Gasteiger partial charge >= 0.3 is 0 Å². The standard InChI is InChI=1S/C19H17F2N3O2/c20-17(21)18-23-13-7-6-12(10-14(13)24-18)22-19(25)16-9-8-15(26-16)11-4-2-1-3-5-11/h1-7,10,15-17H,8-9H2,(H,22,25)(H,23,24)/t15-,16+/m0/s1. The SMILES string of the molecule is O=C(Nc1ccc2nc(C(F)F)[nH]c2c1)[C@H]1CC[C@@H](c2ccccc2)O1. The first-order valence-corrected chi connectivity index (χ1v) is 8.39. The van der Waals surface area contributed by atoms with Crippen LogP contribution in [0.2, 0.25) is 0 Å². The van der Waals surface area contributed by atoms with E-state index >= 15 is 0 Å². The molecule has 4 rings (SSSR count). The first-order chi connectivity index (χ1) is 12.6. The van der Waals surface area contributed by atoms with E-state index in [9.17, 15) is 13.6 Å². The number of anilines is 1. The summed E-state index contributed by atoms with van der Waals surface area (Å²) in [7, 11) is 0. The van der Waals surface area contributed by atoms with Gasteiger partial charge in [-0.3, -0.25) is 4.79 Å². The van der Waals surface area contributed by atoms with Crippen molar-refractivity contribution >= 4 is 22.6 Å². The Bertz CT molecular complexity index is 927. The zero-order chi connectivity index (χ0) is 18.1. The maximum absolute atomic E-state index is 12.7. The van der Waals surface area contributed by atoms with Crippen LogP contribution in [0.25, 0.3) is 11.0 Å². The van der Waals surface area contributed by atoms with E-state index in [2.05, 4.69) is 15.3 Å². The van der Waals surface area contributed by atoms with E-state index in [4.69, 9.17) is 4.74 Å². The van der Waals surface area contributed by atoms with Crippen molar-refractivity contribution in [2.24, 2.45) is 0 Å². The highest BCUT2D eigenvalue weighted by molar-refractivity contribution is 5.96. The zero-order valence-corrected chi connectivity index (χ0v) is 13.8. The summed E-state index contributed by atoms with van der Waals surface area (Å²) in [5.74, 6) is -0.621. The molecular formula is C19H17F2N3O2. The van der Waals surface area contributed by atoms with Gasteiger partial charge in [-0.2, -0.15) is 0 Å². The highest BCUT2D eigenvalue weighted by atomic mass is 19.3. The third kappa shape index (κ3) is 3.30. The molecule has 7 heteroatoms. The van der Waals surface area contributed by atoms with Gasteiger partial charge < -0.3 is 15.0 Å². The number of aromatic nitrogens is 2. The van der Waals surface area contributed by atoms with Crippen molar-refractivity contribution < 1.29 is 18.3 Å². The van der Waals surface area contributed by atoms with Gasteiger partial charge in [0.25, 0.3) is 12.3 Å². The van der Waals surface area contributed by atoms with Crippen molar-refractivity contribution in [2.45, 2.75) is 31.5 Å². The number of hydrogen-bond acceptors (Lipinski definition) is 3. The molecule has 0 bridgehead atoms. The summed E-state index contributed by atoms with van der Waals surface area (Å²) < 4.78 is 31.3. The van der Waals surface area contributed by atoms with Gasteiger partial charge in [0.2, 0.25) is 0 Å². The molecule has 0 saturated carbocycles. The number of nitrogens with zero attached hydrogens (tertiary/aromatic N) is 1. The smallest absolute Gasteiger partial charge is 0.295 e. The van der Waals surface area contributed by atoms with E-state index in [-0.39, 0.29) is 17.8 Å². The molecule has 2 N–H and O–H groups in total. The van der Waals surface area contributed by atoms with Crippen LogP contribution in [0.15, 0.2) is 48.5 Å². The van der Waals surface area contributed by atoms with Gasteiger partial charge in [-0.25, -0.2) is 13.8 Å². The number of ether oxygens (including phenoxy) is 1. The number of nitrogens with one attached hydrogen (secondary N) is 2. The van der Waals surface area contributed by atoms with Crippen LogP contribution in [0.4, 0.5) is 14.5 Å². The molecule has 3 aromatic rings. The van der Waals surface area contributed by atoms with Crippen molar-refractivity contribution in [2.75, 3.05) is 5.32 Å². The van der Waals surface area contributed by atoms with Crippen LogP contribution in [0, 0.1) is 0 Å². The molecular weight excluding hydrogens is 340 g/mol. The second-order valence-corrected chi connectivity index (χ2v) is 6.25. The number of hydrogen-bond donors (Lipinski definition) is 2. The summed E-state index contributed by atoms with van der Waals surface area (Å²) in [6.07, 6.45) is -1.88. The Balaban J connectivity index is 1.44. The molecule has 2 atom stereocenters. The highest BCUT2D eigenvalue weighted by Crippen LogP contribution is 2.33. The summed E-state index contributed by atoms with van der Waals surface area (Å²) >= 11 is 0. The molecule has 0 aliphatic carbocycles.